The lowest BCUT2D eigenvalue weighted by Gasteiger charge is -2.27. The summed E-state index contributed by atoms with van der Waals surface area (Å²) in [5.41, 5.74) is 2.40. The molecule has 0 aliphatic carbocycles. The third kappa shape index (κ3) is 4.10. The van der Waals surface area contributed by atoms with Crippen LogP contribution in [0.1, 0.15) is 0 Å². The predicted molar refractivity (Wildman–Crippen MR) is 136 cm³/mol. The molecule has 0 spiro atoms. The van der Waals surface area contributed by atoms with Crippen LogP contribution in [-0.2, 0) is 23.1 Å². The number of imidazole rings is 1. The average Bonchev–Trinajstić information content (AvgIpc) is 3.57. The Kier molecular flexibility index (Phi) is 5.91. The fraction of sp³-hybridized carbons (Fsp3) is 0.222. The summed E-state index contributed by atoms with van der Waals surface area (Å²) in [6.45, 7) is 2.09. The zero-order valence-corrected chi connectivity index (χ0v) is 20.4. The normalized spacial score (nSPS) is 13.9. The smallest absolute Gasteiger partial charge is 0.274 e. The number of aryl methyl sites for hydroxylation is 1. The summed E-state index contributed by atoms with van der Waals surface area (Å²) in [6, 6.07) is 8.42. The first-order chi connectivity index (χ1) is 18.4. The molecule has 2 aromatic carbocycles. The summed E-state index contributed by atoms with van der Waals surface area (Å²) in [5.74, 6) is -1.65. The number of ether oxygens (including phenoxy) is 2. The van der Waals surface area contributed by atoms with Gasteiger partial charge in [0.1, 0.15) is 23.4 Å². The molecule has 1 N–H and O–H groups in total. The maximum Gasteiger partial charge on any atom is 0.274 e. The minimum absolute atomic E-state index is 0.0576. The number of halogens is 2. The van der Waals surface area contributed by atoms with E-state index in [-0.39, 0.29) is 29.5 Å². The molecule has 0 saturated carbocycles. The zero-order valence-electron chi connectivity index (χ0n) is 20.4. The van der Waals surface area contributed by atoms with Gasteiger partial charge >= 0.3 is 0 Å². The fourth-order valence-electron chi connectivity index (χ4n) is 4.76. The molecule has 1 fully saturated rings. The highest BCUT2D eigenvalue weighted by Gasteiger charge is 2.23. The highest BCUT2D eigenvalue weighted by Crippen LogP contribution is 2.41. The number of aromatic amines is 1. The Balaban J connectivity index is 1.51. The number of hydrogen-bond acceptors (Lipinski definition) is 5. The van der Waals surface area contributed by atoms with Crippen LogP contribution in [0.2, 0.25) is 0 Å². The number of morpholine rings is 1. The lowest BCUT2D eigenvalue weighted by molar-refractivity contribution is -0.135. The number of rotatable bonds is 5. The first-order valence-corrected chi connectivity index (χ1v) is 12.0. The van der Waals surface area contributed by atoms with Crippen LogP contribution in [0.25, 0.3) is 33.1 Å². The van der Waals surface area contributed by atoms with Gasteiger partial charge in [-0.3, -0.25) is 9.59 Å². The minimum atomic E-state index is -0.873. The molecular formula is C27H23F2N5O4. The number of carbonyl (C=O) groups excluding carboxylic acids is 1. The second-order valence-electron chi connectivity index (χ2n) is 9.08. The molecule has 11 heteroatoms. The number of hydrogen-bond donors (Lipinski definition) is 1. The van der Waals surface area contributed by atoms with Crippen molar-refractivity contribution in [2.75, 3.05) is 26.3 Å². The molecule has 1 saturated heterocycles. The standard InChI is InChI=1S/C27H23F2N5O4/c1-32-13-19(17-6-7-30-24(17)27(32)36)18-3-4-21-25(26(18)38-22-5-2-16(28)12-20(22)29)31-15-34(21)14-23(35)33-8-10-37-11-9-33/h2-7,12-13,15,30H,8-11,14H2,1H3. The van der Waals surface area contributed by atoms with Crippen LogP contribution in [0, 0.1) is 11.6 Å². The van der Waals surface area contributed by atoms with Gasteiger partial charge in [0.15, 0.2) is 17.3 Å². The van der Waals surface area contributed by atoms with E-state index in [9.17, 15) is 18.4 Å². The van der Waals surface area contributed by atoms with Crippen LogP contribution in [0.5, 0.6) is 11.5 Å². The van der Waals surface area contributed by atoms with Gasteiger partial charge in [0.25, 0.3) is 5.56 Å². The number of aromatic nitrogens is 4. The van der Waals surface area contributed by atoms with Crippen molar-refractivity contribution >= 4 is 27.8 Å². The number of pyridine rings is 1. The molecule has 0 bridgehead atoms. The monoisotopic (exact) mass is 519 g/mol. The Labute approximate surface area is 214 Å². The van der Waals surface area contributed by atoms with Gasteiger partial charge < -0.3 is 28.5 Å². The number of nitrogens with zero attached hydrogens (tertiary/aromatic N) is 4. The first-order valence-electron chi connectivity index (χ1n) is 12.0. The van der Waals surface area contributed by atoms with Crippen LogP contribution >= 0.6 is 0 Å². The molecule has 0 atom stereocenters. The number of carbonyl (C=O) groups is 1. The molecule has 1 aliphatic rings. The molecule has 5 aromatic rings. The fourth-order valence-corrected chi connectivity index (χ4v) is 4.76. The van der Waals surface area contributed by atoms with Gasteiger partial charge in [0.2, 0.25) is 5.91 Å². The predicted octanol–water partition coefficient (Wildman–Crippen LogP) is 3.81. The van der Waals surface area contributed by atoms with Gasteiger partial charge in [0.05, 0.1) is 25.1 Å². The molecule has 0 radical (unpaired) electrons. The molecule has 6 rings (SSSR count). The van der Waals surface area contributed by atoms with E-state index in [0.717, 1.165) is 12.1 Å². The lowest BCUT2D eigenvalue weighted by atomic mass is 10.0. The van der Waals surface area contributed by atoms with Gasteiger partial charge in [-0.2, -0.15) is 0 Å². The van der Waals surface area contributed by atoms with E-state index >= 15 is 0 Å². The Morgan fingerprint density at radius 1 is 1.13 bits per heavy atom. The molecule has 194 valence electrons. The van der Waals surface area contributed by atoms with E-state index in [1.807, 2.05) is 6.07 Å². The van der Waals surface area contributed by atoms with Crippen LogP contribution in [0.15, 0.2) is 59.9 Å². The Morgan fingerprint density at radius 3 is 2.74 bits per heavy atom. The quantitative estimate of drug-likeness (QED) is 0.381. The maximum absolute atomic E-state index is 14.7. The third-order valence-corrected chi connectivity index (χ3v) is 6.71. The van der Waals surface area contributed by atoms with E-state index in [2.05, 4.69) is 9.97 Å². The van der Waals surface area contributed by atoms with Gasteiger partial charge in [0, 0.05) is 55.1 Å². The van der Waals surface area contributed by atoms with Crippen molar-refractivity contribution in [1.29, 1.82) is 0 Å². The SMILES string of the molecule is Cn1cc(-c2ccc3c(ncn3CC(=O)N3CCOCC3)c2Oc2ccc(F)cc2F)c2cc[nH]c2c1=O. The Hall–Kier alpha value is -4.51. The van der Waals surface area contributed by atoms with Crippen molar-refractivity contribution in [3.8, 4) is 22.6 Å². The number of nitrogens with one attached hydrogen (secondary N) is 1. The van der Waals surface area contributed by atoms with Crippen LogP contribution in [-0.4, -0.2) is 56.2 Å². The van der Waals surface area contributed by atoms with Gasteiger partial charge in [-0.15, -0.1) is 0 Å². The van der Waals surface area contributed by atoms with Crippen molar-refractivity contribution in [3.05, 3.63) is 77.1 Å². The van der Waals surface area contributed by atoms with Crippen molar-refractivity contribution in [3.63, 3.8) is 0 Å². The Bertz CT molecular complexity index is 1750. The van der Waals surface area contributed by atoms with Crippen molar-refractivity contribution < 1.29 is 23.0 Å². The van der Waals surface area contributed by atoms with Crippen LogP contribution < -0.4 is 10.3 Å². The van der Waals surface area contributed by atoms with Gasteiger partial charge in [-0.1, -0.05) is 0 Å². The number of amides is 1. The molecule has 1 amide bonds. The maximum atomic E-state index is 14.7. The van der Waals surface area contributed by atoms with Crippen molar-refractivity contribution in [1.82, 2.24) is 24.0 Å². The van der Waals surface area contributed by atoms with E-state index in [0.29, 0.717) is 59.4 Å². The molecule has 9 nitrogen and oxygen atoms in total. The number of fused-ring (bicyclic) bond motifs is 2. The van der Waals surface area contributed by atoms with Crippen LogP contribution in [0.4, 0.5) is 8.78 Å². The molecule has 1 aliphatic heterocycles. The summed E-state index contributed by atoms with van der Waals surface area (Å²) in [5, 5.41) is 0.652. The number of H-pyrrole nitrogens is 1. The van der Waals surface area contributed by atoms with E-state index in [4.69, 9.17) is 9.47 Å². The average molecular weight is 520 g/mol. The molecule has 38 heavy (non-hydrogen) atoms. The summed E-state index contributed by atoms with van der Waals surface area (Å²) >= 11 is 0. The van der Waals surface area contributed by atoms with Gasteiger partial charge in [-0.25, -0.2) is 13.8 Å². The molecular weight excluding hydrogens is 496 g/mol. The first kappa shape index (κ1) is 23.9. The molecule has 3 aromatic heterocycles. The minimum Gasteiger partial charge on any atom is -0.451 e. The summed E-state index contributed by atoms with van der Waals surface area (Å²) in [4.78, 5) is 34.8. The summed E-state index contributed by atoms with van der Waals surface area (Å²) < 4.78 is 42.8. The highest BCUT2D eigenvalue weighted by atomic mass is 19.1. The molecule has 0 unspecified atom stereocenters. The van der Waals surface area contributed by atoms with E-state index in [1.165, 1.54) is 17.0 Å². The van der Waals surface area contributed by atoms with Crippen molar-refractivity contribution in [2.45, 2.75) is 6.54 Å². The largest absolute Gasteiger partial charge is 0.451 e. The number of benzene rings is 2. The molecule has 4 heterocycles. The van der Waals surface area contributed by atoms with Crippen LogP contribution in [0.3, 0.4) is 0 Å². The van der Waals surface area contributed by atoms with Crippen molar-refractivity contribution in [2.24, 2.45) is 7.05 Å². The third-order valence-electron chi connectivity index (χ3n) is 6.71. The summed E-state index contributed by atoms with van der Waals surface area (Å²) in [7, 11) is 1.64. The second kappa shape index (κ2) is 9.42. The second-order valence-corrected chi connectivity index (χ2v) is 9.08. The highest BCUT2D eigenvalue weighted by molar-refractivity contribution is 6.00. The van der Waals surface area contributed by atoms with E-state index < -0.39 is 11.6 Å². The summed E-state index contributed by atoms with van der Waals surface area (Å²) in [6.07, 6.45) is 4.88. The zero-order chi connectivity index (χ0) is 26.4. The van der Waals surface area contributed by atoms with E-state index in [1.54, 1.807) is 41.0 Å². The Morgan fingerprint density at radius 2 is 1.95 bits per heavy atom. The van der Waals surface area contributed by atoms with Gasteiger partial charge in [-0.05, 0) is 30.3 Å². The lowest BCUT2D eigenvalue weighted by Crippen LogP contribution is -2.42. The topological polar surface area (TPSA) is 94.4 Å².